The van der Waals surface area contributed by atoms with Gasteiger partial charge in [-0.25, -0.2) is 0 Å². The van der Waals surface area contributed by atoms with Crippen molar-refractivity contribution in [2.45, 2.75) is 5.37 Å². The Hall–Kier alpha value is -2.54. The van der Waals surface area contributed by atoms with Gasteiger partial charge in [0.1, 0.15) is 16.9 Å². The van der Waals surface area contributed by atoms with Gasteiger partial charge in [-0.15, -0.1) is 11.8 Å². The number of amides is 1. The van der Waals surface area contributed by atoms with Gasteiger partial charge < -0.3 is 23.8 Å². The highest BCUT2D eigenvalue weighted by Gasteiger charge is 2.33. The van der Waals surface area contributed by atoms with Crippen molar-refractivity contribution in [2.24, 2.45) is 0 Å². The molecule has 4 rings (SSSR count). The highest BCUT2D eigenvalue weighted by molar-refractivity contribution is 7.99. The first-order valence-corrected chi connectivity index (χ1v) is 9.30. The Labute approximate surface area is 156 Å². The Morgan fingerprint density at radius 1 is 1.12 bits per heavy atom. The number of carbonyl (C=O) groups excluding carboxylic acids is 1. The Balaban J connectivity index is 1.63. The Morgan fingerprint density at radius 3 is 2.77 bits per heavy atom. The van der Waals surface area contributed by atoms with Crippen LogP contribution in [0.5, 0.6) is 23.0 Å². The van der Waals surface area contributed by atoms with Crippen LogP contribution in [0.4, 0.5) is 0 Å². The molecular weight excluding hydrogens is 354 g/mol. The summed E-state index contributed by atoms with van der Waals surface area (Å²) < 4.78 is 21.5. The summed E-state index contributed by atoms with van der Waals surface area (Å²) in [5.41, 5.74) is 1.55. The molecule has 6 nitrogen and oxygen atoms in total. The zero-order valence-electron chi connectivity index (χ0n) is 14.6. The Kier molecular flexibility index (Phi) is 4.55. The van der Waals surface area contributed by atoms with Crippen molar-refractivity contribution in [3.63, 3.8) is 0 Å². The van der Waals surface area contributed by atoms with Crippen LogP contribution in [0, 0.1) is 0 Å². The largest absolute Gasteiger partial charge is 0.497 e. The maximum atomic E-state index is 13.1. The minimum absolute atomic E-state index is 0.0313. The maximum absolute atomic E-state index is 13.1. The average molecular weight is 373 g/mol. The third kappa shape index (κ3) is 2.92. The molecule has 1 fully saturated rings. The molecule has 0 bridgehead atoms. The first-order chi connectivity index (χ1) is 12.7. The van der Waals surface area contributed by atoms with Crippen molar-refractivity contribution in [3.05, 3.63) is 47.5 Å². The van der Waals surface area contributed by atoms with E-state index in [1.807, 2.05) is 23.1 Å². The third-order valence-corrected chi connectivity index (χ3v) is 5.72. The summed E-state index contributed by atoms with van der Waals surface area (Å²) in [6, 6.07) is 11.0. The Morgan fingerprint density at radius 2 is 1.96 bits per heavy atom. The zero-order chi connectivity index (χ0) is 18.1. The fourth-order valence-electron chi connectivity index (χ4n) is 3.15. The van der Waals surface area contributed by atoms with Crippen molar-refractivity contribution < 1.29 is 23.7 Å². The highest BCUT2D eigenvalue weighted by atomic mass is 32.2. The fourth-order valence-corrected chi connectivity index (χ4v) is 4.43. The molecule has 0 aromatic heterocycles. The molecule has 7 heteroatoms. The number of carbonyl (C=O) groups is 1. The van der Waals surface area contributed by atoms with Crippen LogP contribution in [0.3, 0.4) is 0 Å². The zero-order valence-corrected chi connectivity index (χ0v) is 15.4. The predicted molar refractivity (Wildman–Crippen MR) is 98.3 cm³/mol. The molecule has 0 radical (unpaired) electrons. The van der Waals surface area contributed by atoms with Crippen LogP contribution >= 0.6 is 11.8 Å². The fraction of sp³-hybridized carbons (Fsp3) is 0.316. The molecule has 1 saturated heterocycles. The van der Waals surface area contributed by atoms with E-state index >= 15 is 0 Å². The van der Waals surface area contributed by atoms with Gasteiger partial charge in [-0.1, -0.05) is 0 Å². The summed E-state index contributed by atoms with van der Waals surface area (Å²) in [6.45, 7) is 0.871. The molecule has 2 heterocycles. The molecule has 1 amide bonds. The quantitative estimate of drug-likeness (QED) is 0.820. The minimum Gasteiger partial charge on any atom is -0.497 e. The smallest absolute Gasteiger partial charge is 0.255 e. The van der Waals surface area contributed by atoms with E-state index in [4.69, 9.17) is 18.9 Å². The van der Waals surface area contributed by atoms with Crippen LogP contribution in [-0.2, 0) is 0 Å². The number of hydrogen-bond acceptors (Lipinski definition) is 6. The van der Waals surface area contributed by atoms with Crippen LogP contribution in [0.2, 0.25) is 0 Å². The van der Waals surface area contributed by atoms with Crippen molar-refractivity contribution in [1.29, 1.82) is 0 Å². The van der Waals surface area contributed by atoms with Gasteiger partial charge in [0.05, 0.1) is 14.2 Å². The van der Waals surface area contributed by atoms with Gasteiger partial charge in [-0.05, 0) is 30.3 Å². The number of benzene rings is 2. The van der Waals surface area contributed by atoms with Gasteiger partial charge >= 0.3 is 0 Å². The van der Waals surface area contributed by atoms with Gasteiger partial charge in [-0.3, -0.25) is 4.79 Å². The van der Waals surface area contributed by atoms with Crippen molar-refractivity contribution in [3.8, 4) is 23.0 Å². The molecule has 136 valence electrons. The summed E-state index contributed by atoms with van der Waals surface area (Å²) in [5.74, 6) is 3.56. The number of nitrogens with zero attached hydrogens (tertiary/aromatic N) is 1. The summed E-state index contributed by atoms with van der Waals surface area (Å²) in [6.07, 6.45) is 0. The summed E-state index contributed by atoms with van der Waals surface area (Å²) in [7, 11) is 3.25. The molecule has 2 aromatic carbocycles. The van der Waals surface area contributed by atoms with Crippen LogP contribution in [-0.4, -0.2) is 44.1 Å². The first-order valence-electron chi connectivity index (χ1n) is 8.25. The second-order valence-corrected chi connectivity index (χ2v) is 7.09. The van der Waals surface area contributed by atoms with E-state index in [1.165, 1.54) is 0 Å². The predicted octanol–water partition coefficient (Wildman–Crippen LogP) is 3.32. The van der Waals surface area contributed by atoms with Crippen LogP contribution in [0.1, 0.15) is 21.3 Å². The number of rotatable bonds is 4. The number of ether oxygens (including phenoxy) is 4. The van der Waals surface area contributed by atoms with E-state index in [1.54, 1.807) is 44.2 Å². The summed E-state index contributed by atoms with van der Waals surface area (Å²) in [4.78, 5) is 15.0. The van der Waals surface area contributed by atoms with Crippen LogP contribution in [0.25, 0.3) is 0 Å². The third-order valence-electron chi connectivity index (χ3n) is 4.48. The van der Waals surface area contributed by atoms with Gasteiger partial charge in [0, 0.05) is 29.5 Å². The molecule has 26 heavy (non-hydrogen) atoms. The lowest BCUT2D eigenvalue weighted by atomic mass is 10.1. The number of hydrogen-bond donors (Lipinski definition) is 0. The van der Waals surface area contributed by atoms with E-state index in [-0.39, 0.29) is 18.1 Å². The molecule has 1 unspecified atom stereocenters. The lowest BCUT2D eigenvalue weighted by Crippen LogP contribution is -2.30. The van der Waals surface area contributed by atoms with E-state index in [0.29, 0.717) is 29.4 Å². The molecular formula is C19H19NO5S. The van der Waals surface area contributed by atoms with Crippen LogP contribution in [0.15, 0.2) is 36.4 Å². The molecule has 2 aromatic rings. The molecule has 0 saturated carbocycles. The van der Waals surface area contributed by atoms with E-state index in [2.05, 4.69) is 0 Å². The first kappa shape index (κ1) is 16.9. The monoisotopic (exact) mass is 373 g/mol. The average Bonchev–Trinajstić information content (AvgIpc) is 3.35. The maximum Gasteiger partial charge on any atom is 0.255 e. The van der Waals surface area contributed by atoms with Gasteiger partial charge in [0.15, 0.2) is 11.5 Å². The second kappa shape index (κ2) is 6.99. The molecule has 0 spiro atoms. The lowest BCUT2D eigenvalue weighted by molar-refractivity contribution is 0.0759. The molecule has 0 N–H and O–H groups in total. The van der Waals surface area contributed by atoms with Gasteiger partial charge in [0.2, 0.25) is 6.79 Å². The minimum atomic E-state index is -0.103. The lowest BCUT2D eigenvalue weighted by Gasteiger charge is -2.25. The summed E-state index contributed by atoms with van der Waals surface area (Å²) >= 11 is 1.72. The standard InChI is InChI=1S/C19H19NO5S/c1-22-13-4-5-14(16(10-13)23-2)19-20(7-8-26-19)18(21)12-3-6-15-17(9-12)25-11-24-15/h3-6,9-10,19H,7-8,11H2,1-2H3. The normalized spacial score (nSPS) is 18.1. The molecule has 1 atom stereocenters. The number of methoxy groups -OCH3 is 2. The van der Waals surface area contributed by atoms with Crippen molar-refractivity contribution >= 4 is 17.7 Å². The second-order valence-electron chi connectivity index (χ2n) is 5.90. The van der Waals surface area contributed by atoms with Crippen molar-refractivity contribution in [2.75, 3.05) is 33.3 Å². The van der Waals surface area contributed by atoms with E-state index < -0.39 is 0 Å². The topological polar surface area (TPSA) is 57.2 Å². The van der Waals surface area contributed by atoms with E-state index in [9.17, 15) is 4.79 Å². The number of thioether (sulfide) groups is 1. The summed E-state index contributed by atoms with van der Waals surface area (Å²) in [5, 5.41) is -0.103. The van der Waals surface area contributed by atoms with Crippen LogP contribution < -0.4 is 18.9 Å². The van der Waals surface area contributed by atoms with E-state index in [0.717, 1.165) is 17.1 Å². The molecule has 0 aliphatic carbocycles. The highest BCUT2D eigenvalue weighted by Crippen LogP contribution is 2.44. The van der Waals surface area contributed by atoms with Gasteiger partial charge in [-0.2, -0.15) is 0 Å². The number of fused-ring (bicyclic) bond motifs is 1. The molecule has 2 aliphatic rings. The SMILES string of the molecule is COc1ccc(C2SCCN2C(=O)c2ccc3c(c2)OCO3)c(OC)c1. The van der Waals surface area contributed by atoms with Crippen molar-refractivity contribution in [1.82, 2.24) is 4.90 Å². The Bertz CT molecular complexity index is 841. The molecule has 2 aliphatic heterocycles. The van der Waals surface area contributed by atoms with Gasteiger partial charge in [0.25, 0.3) is 5.91 Å².